The maximum Gasteiger partial charge on any atom is 0.338 e. The van der Waals surface area contributed by atoms with Gasteiger partial charge in [0.25, 0.3) is 0 Å². The smallest absolute Gasteiger partial charge is 0.338 e. The van der Waals surface area contributed by atoms with E-state index < -0.39 is 21.4 Å². The first-order valence-electron chi connectivity index (χ1n) is 5.81. The highest BCUT2D eigenvalue weighted by Crippen LogP contribution is 2.37. The first-order chi connectivity index (χ1) is 8.66. The van der Waals surface area contributed by atoms with Gasteiger partial charge in [0.1, 0.15) is 16.2 Å². The van der Waals surface area contributed by atoms with Gasteiger partial charge in [0.05, 0.1) is 18.4 Å². The Kier molecular flexibility index (Phi) is 3.09. The maximum absolute atomic E-state index is 12.2. The first-order valence-corrected chi connectivity index (χ1v) is 7.46. The summed E-state index contributed by atoms with van der Waals surface area (Å²) in [6.07, 6.45) is 0. The van der Waals surface area contributed by atoms with E-state index in [0.29, 0.717) is 11.3 Å². The predicted octanol–water partition coefficient (Wildman–Crippen LogP) is 1.73. The highest BCUT2D eigenvalue weighted by Gasteiger charge is 2.38. The van der Waals surface area contributed by atoms with Crippen molar-refractivity contribution in [3.63, 3.8) is 0 Å². The van der Waals surface area contributed by atoms with Gasteiger partial charge in [-0.25, -0.2) is 13.2 Å². The fourth-order valence-corrected chi connectivity index (χ4v) is 4.01. The molecule has 1 aromatic carbocycles. The van der Waals surface area contributed by atoms with E-state index in [9.17, 15) is 13.2 Å². The van der Waals surface area contributed by atoms with E-state index in [4.69, 9.17) is 4.74 Å². The Bertz CT molecular complexity index is 643. The summed E-state index contributed by atoms with van der Waals surface area (Å²) in [5, 5.41) is 0. The van der Waals surface area contributed by atoms with Crippen LogP contribution in [0.1, 0.15) is 29.8 Å². The third-order valence-corrected chi connectivity index (χ3v) is 5.02. The van der Waals surface area contributed by atoms with Crippen molar-refractivity contribution in [3.05, 3.63) is 23.3 Å². The summed E-state index contributed by atoms with van der Waals surface area (Å²) in [5.74, 6) is -0.377. The van der Waals surface area contributed by atoms with Crippen LogP contribution in [0.3, 0.4) is 0 Å². The Labute approximate surface area is 112 Å². The van der Waals surface area contributed by atoms with E-state index in [-0.39, 0.29) is 16.2 Å². The summed E-state index contributed by atoms with van der Waals surface area (Å²) in [5.41, 5.74) is 0.0945. The number of sulfone groups is 1. The van der Waals surface area contributed by atoms with Gasteiger partial charge < -0.3 is 9.47 Å². The molecule has 0 atom stereocenters. The van der Waals surface area contributed by atoms with Gasteiger partial charge in [-0.3, -0.25) is 0 Å². The number of rotatable bonds is 1. The second-order valence-corrected chi connectivity index (χ2v) is 7.18. The van der Waals surface area contributed by atoms with E-state index in [0.717, 1.165) is 0 Å². The largest absolute Gasteiger partial charge is 0.485 e. The number of ether oxygens (including phenoxy) is 2. The van der Waals surface area contributed by atoms with Gasteiger partial charge >= 0.3 is 5.97 Å². The van der Waals surface area contributed by atoms with Crippen molar-refractivity contribution in [2.45, 2.75) is 31.3 Å². The fraction of sp³-hybridized carbons (Fsp3) is 0.462. The van der Waals surface area contributed by atoms with Gasteiger partial charge in [-0.15, -0.1) is 0 Å². The van der Waals surface area contributed by atoms with Crippen molar-refractivity contribution in [2.75, 3.05) is 12.9 Å². The summed E-state index contributed by atoms with van der Waals surface area (Å²) < 4.78 is 34.8. The van der Waals surface area contributed by atoms with E-state index in [1.807, 2.05) is 0 Å². The summed E-state index contributed by atoms with van der Waals surface area (Å²) in [6, 6.07) is 2.90. The lowest BCUT2D eigenvalue weighted by atomic mass is 10.1. The van der Waals surface area contributed by atoms with Crippen LogP contribution in [0.4, 0.5) is 0 Å². The molecule has 1 aromatic rings. The topological polar surface area (TPSA) is 69.7 Å². The van der Waals surface area contributed by atoms with Crippen LogP contribution in [0.5, 0.6) is 5.75 Å². The highest BCUT2D eigenvalue weighted by molar-refractivity contribution is 7.91. The molecule has 0 saturated carbocycles. The molecular formula is C13H16O5S. The van der Waals surface area contributed by atoms with Crippen molar-refractivity contribution >= 4 is 15.8 Å². The zero-order valence-electron chi connectivity index (χ0n) is 11.3. The first kappa shape index (κ1) is 13.9. The van der Waals surface area contributed by atoms with Crippen molar-refractivity contribution in [1.82, 2.24) is 0 Å². The normalized spacial score (nSPS) is 19.2. The molecule has 0 unspecified atom stereocenters. The zero-order valence-corrected chi connectivity index (χ0v) is 12.1. The number of hydrogen-bond acceptors (Lipinski definition) is 5. The van der Waals surface area contributed by atoms with Gasteiger partial charge in [-0.2, -0.15) is 0 Å². The number of hydrogen-bond donors (Lipinski definition) is 0. The molecule has 104 valence electrons. The van der Waals surface area contributed by atoms with Gasteiger partial charge in [0.15, 0.2) is 9.84 Å². The van der Waals surface area contributed by atoms with Gasteiger partial charge in [-0.1, -0.05) is 0 Å². The lowest BCUT2D eigenvalue weighted by Crippen LogP contribution is -2.41. The SMILES string of the molecule is COC(=O)c1cc2c(cc1C)OC(C)(C)CS2(=O)=O. The molecule has 1 heterocycles. The molecule has 1 aliphatic rings. The monoisotopic (exact) mass is 284 g/mol. The van der Waals surface area contributed by atoms with Crippen LogP contribution in [0, 0.1) is 6.92 Å². The predicted molar refractivity (Wildman–Crippen MR) is 69.3 cm³/mol. The average Bonchev–Trinajstić information content (AvgIpc) is 2.24. The molecule has 0 aromatic heterocycles. The van der Waals surface area contributed by atoms with Crippen LogP contribution in [-0.4, -0.2) is 32.9 Å². The van der Waals surface area contributed by atoms with Gasteiger partial charge in [0.2, 0.25) is 0 Å². The lowest BCUT2D eigenvalue weighted by Gasteiger charge is -2.32. The van der Waals surface area contributed by atoms with E-state index in [1.54, 1.807) is 26.8 Å². The van der Waals surface area contributed by atoms with E-state index in [1.165, 1.54) is 13.2 Å². The summed E-state index contributed by atoms with van der Waals surface area (Å²) >= 11 is 0. The molecule has 19 heavy (non-hydrogen) atoms. The molecular weight excluding hydrogens is 268 g/mol. The Morgan fingerprint density at radius 3 is 2.58 bits per heavy atom. The number of carbonyl (C=O) groups is 1. The standard InChI is InChI=1S/C13H16O5S/c1-8-5-10-11(6-9(8)12(14)17-4)19(15,16)7-13(2,3)18-10/h5-6H,7H2,1-4H3. The summed E-state index contributed by atoms with van der Waals surface area (Å²) in [4.78, 5) is 11.7. The Balaban J connectivity index is 2.67. The minimum atomic E-state index is -3.46. The van der Waals surface area contributed by atoms with Crippen LogP contribution in [0.15, 0.2) is 17.0 Å². The third kappa shape index (κ3) is 2.45. The van der Waals surface area contributed by atoms with Crippen molar-refractivity contribution in [3.8, 4) is 5.75 Å². The average molecular weight is 284 g/mol. The number of benzene rings is 1. The summed E-state index contributed by atoms with van der Waals surface area (Å²) in [7, 11) is -2.20. The van der Waals surface area contributed by atoms with Crippen LogP contribution in [0.2, 0.25) is 0 Å². The van der Waals surface area contributed by atoms with E-state index >= 15 is 0 Å². The van der Waals surface area contributed by atoms with Crippen molar-refractivity contribution < 1.29 is 22.7 Å². The van der Waals surface area contributed by atoms with Crippen LogP contribution < -0.4 is 4.74 Å². The Morgan fingerprint density at radius 2 is 2.00 bits per heavy atom. The molecule has 0 saturated heterocycles. The number of esters is 1. The van der Waals surface area contributed by atoms with Crippen molar-refractivity contribution in [1.29, 1.82) is 0 Å². The molecule has 0 bridgehead atoms. The maximum atomic E-state index is 12.2. The number of carbonyl (C=O) groups excluding carboxylic acids is 1. The molecule has 0 fully saturated rings. The third-order valence-electron chi connectivity index (χ3n) is 2.95. The number of methoxy groups -OCH3 is 1. The Hall–Kier alpha value is -1.56. The minimum absolute atomic E-state index is 0.0535. The highest BCUT2D eigenvalue weighted by atomic mass is 32.2. The molecule has 1 aliphatic heterocycles. The zero-order chi connectivity index (χ0) is 14.4. The molecule has 6 heteroatoms. The van der Waals surface area contributed by atoms with Crippen LogP contribution in [-0.2, 0) is 14.6 Å². The number of aryl methyl sites for hydroxylation is 1. The van der Waals surface area contributed by atoms with Crippen LogP contribution in [0.25, 0.3) is 0 Å². The molecule has 0 N–H and O–H groups in total. The molecule has 0 spiro atoms. The molecule has 0 radical (unpaired) electrons. The second kappa shape index (κ2) is 4.23. The number of fused-ring (bicyclic) bond motifs is 1. The quantitative estimate of drug-likeness (QED) is 0.734. The fourth-order valence-electron chi connectivity index (χ4n) is 2.18. The molecule has 5 nitrogen and oxygen atoms in total. The van der Waals surface area contributed by atoms with Gasteiger partial charge in [0, 0.05) is 0 Å². The minimum Gasteiger partial charge on any atom is -0.485 e. The second-order valence-electron chi connectivity index (χ2n) is 5.23. The lowest BCUT2D eigenvalue weighted by molar-refractivity contribution is 0.0599. The molecule has 2 rings (SSSR count). The molecule has 0 amide bonds. The van der Waals surface area contributed by atoms with Gasteiger partial charge in [-0.05, 0) is 38.5 Å². The van der Waals surface area contributed by atoms with Crippen LogP contribution >= 0.6 is 0 Å². The molecule has 0 aliphatic carbocycles. The van der Waals surface area contributed by atoms with Crippen molar-refractivity contribution in [2.24, 2.45) is 0 Å². The van der Waals surface area contributed by atoms with E-state index in [2.05, 4.69) is 4.74 Å². The summed E-state index contributed by atoms with van der Waals surface area (Å²) in [6.45, 7) is 5.15. The Morgan fingerprint density at radius 1 is 1.37 bits per heavy atom.